The molecule has 2 rings (SSSR count). The quantitative estimate of drug-likeness (QED) is 0.873. The molecule has 0 aliphatic rings. The normalized spacial score (nSPS) is 11.3. The number of nitrogens with two attached hydrogens (primary N) is 1. The molecule has 0 spiro atoms. The van der Waals surface area contributed by atoms with Crippen molar-refractivity contribution in [2.24, 2.45) is 0 Å². The van der Waals surface area contributed by atoms with Crippen LogP contribution in [-0.2, 0) is 9.84 Å². The van der Waals surface area contributed by atoms with Gasteiger partial charge in [0.1, 0.15) is 0 Å². The molecule has 0 heterocycles. The van der Waals surface area contributed by atoms with Crippen LogP contribution >= 0.6 is 0 Å². The van der Waals surface area contributed by atoms with Gasteiger partial charge in [0, 0.05) is 19.8 Å². The SMILES string of the molecule is CN(C)c1ccc(N)c(S(=O)(=O)c2ccccc2)c1. The zero-order chi connectivity index (χ0) is 14.0. The van der Waals surface area contributed by atoms with Gasteiger partial charge in [0.15, 0.2) is 0 Å². The van der Waals surface area contributed by atoms with Crippen LogP contribution in [0.5, 0.6) is 0 Å². The lowest BCUT2D eigenvalue weighted by atomic mass is 10.3. The van der Waals surface area contributed by atoms with E-state index in [4.69, 9.17) is 5.73 Å². The lowest BCUT2D eigenvalue weighted by Crippen LogP contribution is -2.11. The molecular formula is C14H16N2O2S. The minimum absolute atomic E-state index is 0.143. The molecule has 0 aliphatic carbocycles. The van der Waals surface area contributed by atoms with Gasteiger partial charge in [-0.25, -0.2) is 8.42 Å². The summed E-state index contributed by atoms with van der Waals surface area (Å²) in [5, 5.41) is 0. The van der Waals surface area contributed by atoms with Crippen molar-refractivity contribution in [1.29, 1.82) is 0 Å². The minimum atomic E-state index is -3.58. The Balaban J connectivity index is 2.61. The molecule has 100 valence electrons. The van der Waals surface area contributed by atoms with E-state index < -0.39 is 9.84 Å². The molecule has 0 saturated carbocycles. The van der Waals surface area contributed by atoms with E-state index in [1.807, 2.05) is 19.0 Å². The van der Waals surface area contributed by atoms with Gasteiger partial charge in [-0.1, -0.05) is 18.2 Å². The molecule has 0 unspecified atom stereocenters. The molecule has 0 fully saturated rings. The topological polar surface area (TPSA) is 63.4 Å². The number of nitrogens with zero attached hydrogens (tertiary/aromatic N) is 1. The van der Waals surface area contributed by atoms with Gasteiger partial charge in [0.25, 0.3) is 0 Å². The van der Waals surface area contributed by atoms with E-state index in [0.29, 0.717) is 0 Å². The van der Waals surface area contributed by atoms with Crippen LogP contribution < -0.4 is 10.6 Å². The van der Waals surface area contributed by atoms with Gasteiger partial charge in [-0.15, -0.1) is 0 Å². The maximum Gasteiger partial charge on any atom is 0.208 e. The standard InChI is InChI=1S/C14H16N2O2S/c1-16(2)11-8-9-13(15)14(10-11)19(17,18)12-6-4-3-5-7-12/h3-10H,15H2,1-2H3. The van der Waals surface area contributed by atoms with Crippen LogP contribution in [0.25, 0.3) is 0 Å². The van der Waals surface area contributed by atoms with Gasteiger partial charge in [0.2, 0.25) is 9.84 Å². The van der Waals surface area contributed by atoms with Crippen LogP contribution in [0.1, 0.15) is 0 Å². The molecule has 0 aliphatic heterocycles. The first kappa shape index (κ1) is 13.4. The lowest BCUT2D eigenvalue weighted by Gasteiger charge is -2.15. The predicted molar refractivity (Wildman–Crippen MR) is 77.1 cm³/mol. The van der Waals surface area contributed by atoms with Crippen molar-refractivity contribution in [2.45, 2.75) is 9.79 Å². The van der Waals surface area contributed by atoms with Crippen molar-refractivity contribution in [3.05, 3.63) is 48.5 Å². The van der Waals surface area contributed by atoms with Gasteiger partial charge >= 0.3 is 0 Å². The Morgan fingerprint density at radius 3 is 2.21 bits per heavy atom. The Bertz CT molecular complexity index is 680. The highest BCUT2D eigenvalue weighted by Gasteiger charge is 2.20. The summed E-state index contributed by atoms with van der Waals surface area (Å²) in [4.78, 5) is 2.23. The molecule has 2 N–H and O–H groups in total. The molecule has 2 aromatic carbocycles. The van der Waals surface area contributed by atoms with Gasteiger partial charge < -0.3 is 10.6 Å². The third-order valence-electron chi connectivity index (χ3n) is 2.86. The molecule has 5 heteroatoms. The third kappa shape index (κ3) is 2.56. The Kier molecular flexibility index (Phi) is 3.48. The summed E-state index contributed by atoms with van der Waals surface area (Å²) in [6.45, 7) is 0. The molecule has 0 atom stereocenters. The van der Waals surface area contributed by atoms with Crippen LogP contribution in [0.15, 0.2) is 58.3 Å². The summed E-state index contributed by atoms with van der Waals surface area (Å²) >= 11 is 0. The van der Waals surface area contributed by atoms with Gasteiger partial charge in [-0.2, -0.15) is 0 Å². The summed E-state index contributed by atoms with van der Waals surface area (Å²) in [6, 6.07) is 13.3. The first-order valence-corrected chi connectivity index (χ1v) is 7.28. The second-order valence-electron chi connectivity index (χ2n) is 4.43. The molecular weight excluding hydrogens is 260 g/mol. The summed E-state index contributed by atoms with van der Waals surface area (Å²) in [7, 11) is 0.126. The van der Waals surface area contributed by atoms with E-state index in [0.717, 1.165) is 5.69 Å². The van der Waals surface area contributed by atoms with Crippen molar-refractivity contribution in [3.63, 3.8) is 0 Å². The lowest BCUT2D eigenvalue weighted by molar-refractivity contribution is 0.596. The Labute approximate surface area is 113 Å². The fourth-order valence-corrected chi connectivity index (χ4v) is 3.18. The fourth-order valence-electron chi connectivity index (χ4n) is 1.76. The third-order valence-corrected chi connectivity index (χ3v) is 4.68. The van der Waals surface area contributed by atoms with Crippen LogP contribution in [0.3, 0.4) is 0 Å². The van der Waals surface area contributed by atoms with Crippen LogP contribution in [0.2, 0.25) is 0 Å². The average molecular weight is 276 g/mol. The second kappa shape index (κ2) is 4.93. The Morgan fingerprint density at radius 1 is 1.00 bits per heavy atom. The van der Waals surface area contributed by atoms with E-state index in [1.165, 1.54) is 0 Å². The highest BCUT2D eigenvalue weighted by atomic mass is 32.2. The number of sulfone groups is 1. The molecule has 0 aromatic heterocycles. The molecule has 4 nitrogen and oxygen atoms in total. The summed E-state index contributed by atoms with van der Waals surface area (Å²) in [5.74, 6) is 0. The largest absolute Gasteiger partial charge is 0.398 e. The Hall–Kier alpha value is -2.01. The number of anilines is 2. The van der Waals surface area contributed by atoms with E-state index in [9.17, 15) is 8.42 Å². The molecule has 0 bridgehead atoms. The number of nitrogen functional groups attached to an aromatic ring is 1. The molecule has 2 aromatic rings. The second-order valence-corrected chi connectivity index (χ2v) is 6.35. The highest BCUT2D eigenvalue weighted by molar-refractivity contribution is 7.91. The molecule has 19 heavy (non-hydrogen) atoms. The van der Waals surface area contributed by atoms with Crippen molar-refractivity contribution in [1.82, 2.24) is 0 Å². The van der Waals surface area contributed by atoms with Crippen LogP contribution in [0, 0.1) is 0 Å². The maximum absolute atomic E-state index is 12.5. The molecule has 0 radical (unpaired) electrons. The Morgan fingerprint density at radius 2 is 1.63 bits per heavy atom. The first-order valence-electron chi connectivity index (χ1n) is 5.80. The van der Waals surface area contributed by atoms with E-state index in [2.05, 4.69) is 0 Å². The highest BCUT2D eigenvalue weighted by Crippen LogP contribution is 2.29. The predicted octanol–water partition coefficient (Wildman–Crippen LogP) is 2.17. The van der Waals surface area contributed by atoms with E-state index >= 15 is 0 Å². The monoisotopic (exact) mass is 276 g/mol. The minimum Gasteiger partial charge on any atom is -0.398 e. The van der Waals surface area contributed by atoms with Gasteiger partial charge in [-0.05, 0) is 30.3 Å². The van der Waals surface area contributed by atoms with Gasteiger partial charge in [0.05, 0.1) is 15.5 Å². The maximum atomic E-state index is 12.5. The van der Waals surface area contributed by atoms with Crippen molar-refractivity contribution >= 4 is 21.2 Å². The molecule has 0 amide bonds. The fraction of sp³-hybridized carbons (Fsp3) is 0.143. The van der Waals surface area contributed by atoms with Crippen molar-refractivity contribution in [2.75, 3.05) is 24.7 Å². The summed E-state index contributed by atoms with van der Waals surface area (Å²) < 4.78 is 25.1. The van der Waals surface area contributed by atoms with Crippen molar-refractivity contribution in [3.8, 4) is 0 Å². The molecule has 0 saturated heterocycles. The smallest absolute Gasteiger partial charge is 0.208 e. The zero-order valence-corrected chi connectivity index (χ0v) is 11.7. The van der Waals surface area contributed by atoms with Crippen LogP contribution in [0.4, 0.5) is 11.4 Å². The zero-order valence-electron chi connectivity index (χ0n) is 10.9. The van der Waals surface area contributed by atoms with Gasteiger partial charge in [-0.3, -0.25) is 0 Å². The number of benzene rings is 2. The van der Waals surface area contributed by atoms with Crippen molar-refractivity contribution < 1.29 is 8.42 Å². The van der Waals surface area contributed by atoms with Crippen LogP contribution in [-0.4, -0.2) is 22.5 Å². The summed E-state index contributed by atoms with van der Waals surface area (Å²) in [5.41, 5.74) is 6.87. The van der Waals surface area contributed by atoms with E-state index in [-0.39, 0.29) is 15.5 Å². The summed E-state index contributed by atoms with van der Waals surface area (Å²) in [6.07, 6.45) is 0. The number of hydrogen-bond donors (Lipinski definition) is 1. The number of hydrogen-bond acceptors (Lipinski definition) is 4. The number of rotatable bonds is 3. The average Bonchev–Trinajstić information content (AvgIpc) is 2.39. The van der Waals surface area contributed by atoms with E-state index in [1.54, 1.807) is 48.5 Å². The first-order chi connectivity index (χ1) is 8.93.